The summed E-state index contributed by atoms with van der Waals surface area (Å²) < 4.78 is 23.8. The Labute approximate surface area is 78.5 Å². The molecule has 0 amide bonds. The summed E-state index contributed by atoms with van der Waals surface area (Å²) in [6, 6.07) is 7.42. The van der Waals surface area contributed by atoms with Crippen molar-refractivity contribution in [2.45, 2.75) is 6.92 Å². The van der Waals surface area contributed by atoms with E-state index in [0.717, 1.165) is 11.3 Å². The van der Waals surface area contributed by atoms with Gasteiger partial charge in [-0.1, -0.05) is 22.2 Å². The molecule has 0 bridgehead atoms. The van der Waals surface area contributed by atoms with E-state index < -0.39 is 10.5 Å². The number of rotatable bonds is 2. The van der Waals surface area contributed by atoms with Crippen LogP contribution in [0.3, 0.4) is 0 Å². The SMILES string of the molecule is Cc1ccc(N(C)N=S(=O)=O)cc1. The van der Waals surface area contributed by atoms with E-state index >= 15 is 0 Å². The average Bonchev–Trinajstić information content (AvgIpc) is 2.04. The lowest BCUT2D eigenvalue weighted by atomic mass is 10.2. The molecule has 0 atom stereocenters. The van der Waals surface area contributed by atoms with Gasteiger partial charge in [-0.2, -0.15) is 8.42 Å². The Morgan fingerprint density at radius 2 is 1.77 bits per heavy atom. The summed E-state index contributed by atoms with van der Waals surface area (Å²) in [5.74, 6) is 0. The fourth-order valence-corrected chi connectivity index (χ4v) is 1.20. The standard InChI is InChI=1S/C8H10N2O2S/c1-7-3-5-8(6-4-7)10(2)9-13(11)12/h3-6H,1-2H3. The monoisotopic (exact) mass is 198 g/mol. The Kier molecular flexibility index (Phi) is 3.02. The number of anilines is 1. The Balaban J connectivity index is 2.96. The van der Waals surface area contributed by atoms with E-state index in [1.165, 1.54) is 5.01 Å². The van der Waals surface area contributed by atoms with Gasteiger partial charge in [0.1, 0.15) is 0 Å². The molecule has 1 aromatic rings. The van der Waals surface area contributed by atoms with Gasteiger partial charge in [0, 0.05) is 7.05 Å². The molecule has 13 heavy (non-hydrogen) atoms. The highest BCUT2D eigenvalue weighted by Crippen LogP contribution is 2.12. The smallest absolute Gasteiger partial charge is 0.254 e. The third kappa shape index (κ3) is 2.87. The molecule has 0 radical (unpaired) electrons. The molecule has 0 fully saturated rings. The van der Waals surface area contributed by atoms with Crippen molar-refractivity contribution < 1.29 is 8.42 Å². The zero-order valence-electron chi connectivity index (χ0n) is 7.43. The number of aryl methyl sites for hydroxylation is 1. The first kappa shape index (κ1) is 9.73. The van der Waals surface area contributed by atoms with Crippen LogP contribution in [-0.4, -0.2) is 15.5 Å². The van der Waals surface area contributed by atoms with E-state index in [1.807, 2.05) is 31.2 Å². The molecule has 0 heterocycles. The molecule has 0 aliphatic heterocycles. The lowest BCUT2D eigenvalue weighted by Gasteiger charge is -2.09. The first-order valence-electron chi connectivity index (χ1n) is 3.71. The molecule has 5 heteroatoms. The van der Waals surface area contributed by atoms with Crippen molar-refractivity contribution in [2.75, 3.05) is 12.1 Å². The quantitative estimate of drug-likeness (QED) is 0.675. The molecule has 0 N–H and O–H groups in total. The molecule has 4 nitrogen and oxygen atoms in total. The van der Waals surface area contributed by atoms with Crippen molar-refractivity contribution in [3.05, 3.63) is 29.8 Å². The lowest BCUT2D eigenvalue weighted by Crippen LogP contribution is -2.07. The van der Waals surface area contributed by atoms with Crippen LogP contribution < -0.4 is 5.01 Å². The number of nitrogens with zero attached hydrogens (tertiary/aromatic N) is 2. The predicted octanol–water partition coefficient (Wildman–Crippen LogP) is 1.41. The molecule has 0 aliphatic carbocycles. The van der Waals surface area contributed by atoms with Gasteiger partial charge in [0.2, 0.25) is 0 Å². The Bertz CT molecular complexity index is 400. The number of benzene rings is 1. The average molecular weight is 198 g/mol. The van der Waals surface area contributed by atoms with Crippen LogP contribution in [-0.2, 0) is 10.5 Å². The van der Waals surface area contributed by atoms with Gasteiger partial charge >= 0.3 is 10.5 Å². The lowest BCUT2D eigenvalue weighted by molar-refractivity contribution is 0.620. The molecule has 1 aromatic carbocycles. The highest BCUT2D eigenvalue weighted by Gasteiger charge is 1.96. The van der Waals surface area contributed by atoms with Crippen LogP contribution in [0.2, 0.25) is 0 Å². The van der Waals surface area contributed by atoms with Crippen LogP contribution >= 0.6 is 0 Å². The highest BCUT2D eigenvalue weighted by atomic mass is 32.2. The third-order valence-electron chi connectivity index (χ3n) is 1.60. The Morgan fingerprint density at radius 1 is 1.23 bits per heavy atom. The minimum Gasteiger partial charge on any atom is -0.254 e. The molecule has 0 saturated heterocycles. The summed E-state index contributed by atoms with van der Waals surface area (Å²) in [4.78, 5) is 0. The van der Waals surface area contributed by atoms with E-state index in [9.17, 15) is 8.42 Å². The van der Waals surface area contributed by atoms with E-state index in [4.69, 9.17) is 0 Å². The molecular formula is C8H10N2O2S. The second kappa shape index (κ2) is 4.04. The minimum atomic E-state index is -2.40. The van der Waals surface area contributed by atoms with Gasteiger partial charge in [0.15, 0.2) is 0 Å². The van der Waals surface area contributed by atoms with Gasteiger partial charge in [-0.25, -0.2) is 0 Å². The minimum absolute atomic E-state index is 0.745. The van der Waals surface area contributed by atoms with Crippen molar-refractivity contribution >= 4 is 16.2 Å². The van der Waals surface area contributed by atoms with Crippen LogP contribution in [0.25, 0.3) is 0 Å². The van der Waals surface area contributed by atoms with Gasteiger partial charge in [-0.05, 0) is 19.1 Å². The van der Waals surface area contributed by atoms with E-state index in [-0.39, 0.29) is 0 Å². The molecule has 0 aromatic heterocycles. The van der Waals surface area contributed by atoms with Crippen molar-refractivity contribution in [3.63, 3.8) is 0 Å². The fourth-order valence-electron chi connectivity index (χ4n) is 0.908. The van der Waals surface area contributed by atoms with Crippen LogP contribution in [0.4, 0.5) is 5.69 Å². The van der Waals surface area contributed by atoms with Gasteiger partial charge in [0.25, 0.3) is 0 Å². The second-order valence-electron chi connectivity index (χ2n) is 2.66. The summed E-state index contributed by atoms with van der Waals surface area (Å²) >= 11 is 0. The normalized spacial score (nSPS) is 9.38. The molecule has 0 aliphatic rings. The Hall–Kier alpha value is -1.36. The summed E-state index contributed by atoms with van der Waals surface area (Å²) in [7, 11) is -0.817. The van der Waals surface area contributed by atoms with Crippen LogP contribution in [0.5, 0.6) is 0 Å². The zero-order chi connectivity index (χ0) is 9.84. The van der Waals surface area contributed by atoms with Gasteiger partial charge in [-0.15, -0.1) is 0 Å². The van der Waals surface area contributed by atoms with Gasteiger partial charge in [-0.3, -0.25) is 5.01 Å². The van der Waals surface area contributed by atoms with Crippen molar-refractivity contribution in [1.29, 1.82) is 0 Å². The molecule has 70 valence electrons. The highest BCUT2D eigenvalue weighted by molar-refractivity contribution is 7.61. The number of hydrogen-bond donors (Lipinski definition) is 0. The Morgan fingerprint density at radius 3 is 2.23 bits per heavy atom. The summed E-state index contributed by atoms with van der Waals surface area (Å²) in [5, 5.41) is 1.31. The summed E-state index contributed by atoms with van der Waals surface area (Å²) in [6.07, 6.45) is 0. The zero-order valence-corrected chi connectivity index (χ0v) is 8.25. The van der Waals surface area contributed by atoms with Gasteiger partial charge < -0.3 is 0 Å². The van der Waals surface area contributed by atoms with Crippen LogP contribution in [0, 0.1) is 6.92 Å². The largest absolute Gasteiger partial charge is 0.333 e. The molecule has 0 unspecified atom stereocenters. The van der Waals surface area contributed by atoms with Crippen molar-refractivity contribution in [1.82, 2.24) is 0 Å². The fraction of sp³-hybridized carbons (Fsp3) is 0.250. The first-order valence-corrected chi connectivity index (χ1v) is 4.74. The summed E-state index contributed by atoms with van der Waals surface area (Å²) in [6.45, 7) is 1.96. The summed E-state index contributed by atoms with van der Waals surface area (Å²) in [5.41, 5.74) is 1.87. The van der Waals surface area contributed by atoms with Gasteiger partial charge in [0.05, 0.1) is 5.69 Å². The predicted molar refractivity (Wildman–Crippen MR) is 50.9 cm³/mol. The first-order chi connectivity index (χ1) is 6.09. The van der Waals surface area contributed by atoms with Crippen LogP contribution in [0.1, 0.15) is 5.56 Å². The topological polar surface area (TPSA) is 49.7 Å². The molecular weight excluding hydrogens is 188 g/mol. The molecule has 0 saturated carbocycles. The third-order valence-corrected chi connectivity index (χ3v) is 1.98. The maximum atomic E-state index is 10.2. The maximum absolute atomic E-state index is 10.2. The second-order valence-corrected chi connectivity index (χ2v) is 3.26. The van der Waals surface area contributed by atoms with Crippen molar-refractivity contribution in [2.24, 2.45) is 4.47 Å². The van der Waals surface area contributed by atoms with Crippen molar-refractivity contribution in [3.8, 4) is 0 Å². The molecule has 0 spiro atoms. The molecule has 1 rings (SSSR count). The van der Waals surface area contributed by atoms with E-state index in [0.29, 0.717) is 0 Å². The maximum Gasteiger partial charge on any atom is 0.333 e. The van der Waals surface area contributed by atoms with E-state index in [2.05, 4.69) is 4.47 Å². The number of hydrogen-bond acceptors (Lipinski definition) is 3. The van der Waals surface area contributed by atoms with E-state index in [1.54, 1.807) is 7.05 Å². The van der Waals surface area contributed by atoms with Crippen LogP contribution in [0.15, 0.2) is 28.7 Å².